The number of unbranched alkanes of at least 4 members (excludes halogenated alkanes) is 7. The summed E-state index contributed by atoms with van der Waals surface area (Å²) in [7, 11) is -10.0. The third kappa shape index (κ3) is 26.1. The number of aromatic hydroxyl groups is 3. The topological polar surface area (TPSA) is 710 Å². The number of aldehydes is 1. The van der Waals surface area contributed by atoms with Crippen LogP contribution in [0.15, 0.2) is 72.8 Å². The average molecular weight is 1980 g/mol. The number of phenolic OH excluding ortho intramolecular Hbond substituents is 3. The average Bonchev–Trinajstić information content (AvgIpc) is 0.756. The third-order valence-electron chi connectivity index (χ3n) is 23.6. The maximum absolute atomic E-state index is 16.5. The van der Waals surface area contributed by atoms with Crippen LogP contribution >= 0.6 is 38.4 Å². The first-order chi connectivity index (χ1) is 63.7. The molecule has 9 amide bonds. The molecule has 7 aliphatic rings. The first kappa shape index (κ1) is 107. The zero-order chi connectivity index (χ0) is 99.2. The molecule has 7 aliphatic heterocycles. The van der Waals surface area contributed by atoms with Gasteiger partial charge in [0.05, 0.1) is 52.9 Å². The van der Waals surface area contributed by atoms with Crippen LogP contribution in [-0.4, -0.2) is 265 Å². The number of aliphatic carboxylic acids is 1. The molecule has 11 bridgehead atoms. The number of likely N-dealkylation sites (N-methyl/N-ethyl adjacent to an activating group) is 1. The predicted octanol–water partition coefficient (Wildman–Crippen LogP) is 1.53. The molecule has 18 atom stereocenters. The summed E-state index contributed by atoms with van der Waals surface area (Å²) in [5.74, 6) is -20.0. The minimum Gasteiger partial charge on any atom is -0.507 e. The van der Waals surface area contributed by atoms with E-state index in [-0.39, 0.29) is 43.1 Å². The lowest BCUT2D eigenvalue weighted by Gasteiger charge is -2.52. The number of carboxylic acid groups (broad SMARTS) is 1. The van der Waals surface area contributed by atoms with Gasteiger partial charge in [0.1, 0.15) is 102 Å². The molecule has 26 N–H and O–H groups in total. The van der Waals surface area contributed by atoms with E-state index in [4.69, 9.17) is 57.4 Å². The summed E-state index contributed by atoms with van der Waals surface area (Å²) in [6, 6.07) is -3.08. The highest BCUT2D eigenvalue weighted by Gasteiger charge is 2.55. The van der Waals surface area contributed by atoms with Gasteiger partial charge in [0.15, 0.2) is 29.9 Å². The van der Waals surface area contributed by atoms with E-state index < -0.39 is 317 Å². The maximum atomic E-state index is 16.5. The number of nitrogens with zero attached hydrogens (tertiary/aromatic N) is 1. The van der Waals surface area contributed by atoms with Gasteiger partial charge in [0, 0.05) is 55.6 Å². The fourth-order valence-corrected chi connectivity index (χ4v) is 19.2. The monoisotopic (exact) mass is 1970 g/mol. The Kier molecular flexibility index (Phi) is 36.9. The standard InChI is InChI=1S/C86H114Cl2N12O33P2/c1-7-8-9-10-11-12-13-14-23-91-24-26-100(61(107)22-21-60(106)94-85(134(122,123)124)135(125,126)127)86(5)36-62(128-40(4)76(86)113)132-75-73(112)72(111)58(38-102)131-84(75)133-74-56-32-44-33-57(74)130-55-20-17-43(31-49(55)88)70(109)68-82(119)97-66(83(120)121)46-34-53(104)47(37-92-25-27-101)71(110)63(46)45-29-41(15-18-52(45)103)64(79(116)99-68)96-80(117)65(44)95-78(115)51(35-59(89)105)93-81(118)67(98-77(114)50(90-6)28-39(2)3)69(108)42-16-19-54(129-56)48(87)30-42/h15-20,27,29-34,39-40,50-51,58,62,64-70,72-73,75-76,84-85,90-92,102-104,108-113H,7-14,21-26,28,35-38H2,1-6H3,(H2,89,105)(H,93,118)(H,94,106)(H,95,115)(H,96,117)(H,97,119)(H,98,114)(H,99,116)(H,120,121)(H2,122,123,124)(H2,125,126,127)/t40?,50?,51?,58?,62?,64?,65?,66-,67?,68?,69+,70-,72?,73?,75?,76?,84?,86+/m1/s1. The molecule has 2 saturated heterocycles. The van der Waals surface area contributed by atoms with Gasteiger partial charge in [-0.05, 0) is 123 Å². The number of rotatable bonds is 36. The number of aliphatic hydroxyl groups excluding tert-OH is 6. The molecule has 0 radical (unpaired) electrons. The van der Waals surface area contributed by atoms with Gasteiger partial charge in [-0.2, -0.15) is 0 Å². The summed E-state index contributed by atoms with van der Waals surface area (Å²) in [5, 5.41) is 143. The highest BCUT2D eigenvalue weighted by molar-refractivity contribution is 7.70. The molecule has 135 heavy (non-hydrogen) atoms. The Morgan fingerprint density at radius 3 is 1.88 bits per heavy atom. The van der Waals surface area contributed by atoms with Gasteiger partial charge in [-0.25, -0.2) is 4.79 Å². The maximum Gasteiger partial charge on any atom is 0.360 e. The number of nitrogens with two attached hydrogens (primary N) is 1. The Hall–Kier alpha value is -10.3. The second-order valence-corrected chi connectivity index (χ2v) is 38.6. The first-order valence-electron chi connectivity index (χ1n) is 43.5. The molecule has 7 heterocycles. The number of amides is 9. The van der Waals surface area contributed by atoms with Crippen molar-refractivity contribution >= 4 is 104 Å². The van der Waals surface area contributed by atoms with Crippen LogP contribution in [0.3, 0.4) is 0 Å². The van der Waals surface area contributed by atoms with Gasteiger partial charge < -0.3 is 168 Å². The molecule has 14 unspecified atom stereocenters. The summed E-state index contributed by atoms with van der Waals surface area (Å²) >= 11 is 14.4. The SMILES string of the molecule is CCCCCCCCCCNCCN(C(=O)CCC(=O)NC(P(=O)(O)O)P(=O)(O)O)[C@@]1(C)CC(OC2C(Oc3c4cc5cc3Oc3ccc(cc3Cl)[C@H](O)C(NC(=O)C(CC(C)C)NC)C(=O)NC(CC(N)=O)C(=O)NC5C(=O)NC3C(=O)NC(C(=O)N[C@@H](C(=O)O)c5cc(O)c(CNCC=O)c(O)c5-c5cc3ccc5O)[C@H](O)c3ccc(c(Cl)c3)O4)OC(CO)C(O)C2O)OC(C)C1O. The van der Waals surface area contributed by atoms with Crippen LogP contribution in [0.25, 0.3) is 11.1 Å². The summed E-state index contributed by atoms with van der Waals surface area (Å²) < 4.78 is 64.0. The van der Waals surface area contributed by atoms with Gasteiger partial charge >= 0.3 is 21.2 Å². The lowest BCUT2D eigenvalue weighted by Crippen LogP contribution is -2.67. The number of halogens is 2. The molecule has 740 valence electrons. The number of benzene rings is 5. The normalized spacial score (nSPS) is 25.2. The molecule has 5 aromatic carbocycles. The number of fused-ring (bicyclic) bond motifs is 15. The Morgan fingerprint density at radius 1 is 0.696 bits per heavy atom. The zero-order valence-corrected chi connectivity index (χ0v) is 77.4. The number of carboxylic acids is 1. The van der Waals surface area contributed by atoms with Crippen molar-refractivity contribution in [1.82, 2.24) is 58.1 Å². The Labute approximate surface area is 783 Å². The van der Waals surface area contributed by atoms with Crippen molar-refractivity contribution in [3.05, 3.63) is 116 Å². The lowest BCUT2D eigenvalue weighted by atomic mass is 9.82. The first-order valence-corrected chi connectivity index (χ1v) is 47.6. The van der Waals surface area contributed by atoms with E-state index in [0.29, 0.717) is 19.3 Å². The molecule has 12 rings (SSSR count). The second-order valence-electron chi connectivity index (χ2n) is 34.0. The number of carbonyl (C=O) groups excluding carboxylic acids is 10. The van der Waals surface area contributed by atoms with E-state index in [1.54, 1.807) is 19.2 Å². The Morgan fingerprint density at radius 2 is 1.30 bits per heavy atom. The number of primary amides is 1. The Bertz CT molecular complexity index is 5270. The van der Waals surface area contributed by atoms with Crippen LogP contribution in [0, 0.1) is 5.92 Å². The number of hydrogen-bond donors (Lipinski definition) is 25. The van der Waals surface area contributed by atoms with Crippen LogP contribution in [0.5, 0.6) is 46.0 Å². The number of hydrogen-bond acceptors (Lipinski definition) is 31. The summed E-state index contributed by atoms with van der Waals surface area (Å²) in [4.78, 5) is 200. The summed E-state index contributed by atoms with van der Waals surface area (Å²) in [5.41, 5.74) is -3.10. The minimum absolute atomic E-state index is 0.0104. The molecular formula is C86H114Cl2N12O33P2. The van der Waals surface area contributed by atoms with Crippen molar-refractivity contribution in [2.75, 3.05) is 39.8 Å². The fourth-order valence-electron chi connectivity index (χ4n) is 16.5. The van der Waals surface area contributed by atoms with Crippen molar-refractivity contribution in [3.8, 4) is 57.1 Å². The van der Waals surface area contributed by atoms with Gasteiger partial charge in [-0.3, -0.25) is 52.3 Å². The fraction of sp³-hybridized carbons (Fsp3) is 0.523. The van der Waals surface area contributed by atoms with Gasteiger partial charge in [0.2, 0.25) is 70.7 Å². The van der Waals surface area contributed by atoms with Crippen molar-refractivity contribution in [2.45, 2.75) is 239 Å². The zero-order valence-electron chi connectivity index (χ0n) is 74.1. The minimum atomic E-state index is -5.74. The van der Waals surface area contributed by atoms with Gasteiger partial charge in [-0.15, -0.1) is 0 Å². The molecule has 0 spiro atoms. The van der Waals surface area contributed by atoms with E-state index in [0.717, 1.165) is 123 Å². The molecule has 0 aromatic heterocycles. The van der Waals surface area contributed by atoms with Crippen LogP contribution in [0.4, 0.5) is 0 Å². The van der Waals surface area contributed by atoms with E-state index in [1.807, 2.05) is 0 Å². The summed E-state index contributed by atoms with van der Waals surface area (Å²) in [6.45, 7) is 6.57. The Balaban J connectivity index is 1.18. The summed E-state index contributed by atoms with van der Waals surface area (Å²) in [6.07, 6.45) is -15.4. The van der Waals surface area contributed by atoms with E-state index >= 15 is 24.0 Å². The molecule has 0 saturated carbocycles. The lowest BCUT2D eigenvalue weighted by molar-refractivity contribution is -0.337. The van der Waals surface area contributed by atoms with Gasteiger partial charge in [0.25, 0.3) is 0 Å². The van der Waals surface area contributed by atoms with E-state index in [9.17, 15) is 109 Å². The van der Waals surface area contributed by atoms with Crippen molar-refractivity contribution < 1.29 is 161 Å². The molecule has 5 aromatic rings. The number of aliphatic hydroxyl groups is 6. The number of nitrogens with one attached hydrogen (secondary N) is 10. The smallest absolute Gasteiger partial charge is 0.360 e. The third-order valence-corrected chi connectivity index (χ3v) is 27.6. The van der Waals surface area contributed by atoms with E-state index in [1.165, 1.54) is 20.9 Å². The molecular weight excluding hydrogens is 1860 g/mol. The molecule has 45 nitrogen and oxygen atoms in total. The van der Waals surface area contributed by atoms with Crippen LogP contribution in [0.2, 0.25) is 10.0 Å². The van der Waals surface area contributed by atoms with Crippen molar-refractivity contribution in [3.63, 3.8) is 0 Å². The van der Waals surface area contributed by atoms with E-state index in [2.05, 4.69) is 54.8 Å². The molecule has 2 fully saturated rings. The van der Waals surface area contributed by atoms with Crippen LogP contribution in [0.1, 0.15) is 182 Å². The highest BCUT2D eigenvalue weighted by atomic mass is 35.5. The predicted molar refractivity (Wildman–Crippen MR) is 475 cm³/mol. The largest absolute Gasteiger partial charge is 0.507 e. The van der Waals surface area contributed by atoms with Crippen LogP contribution < -0.4 is 73.1 Å². The van der Waals surface area contributed by atoms with Crippen molar-refractivity contribution in [1.29, 1.82) is 0 Å². The highest BCUT2D eigenvalue weighted by Crippen LogP contribution is 2.59. The molecule has 49 heteroatoms. The number of ether oxygens (including phenoxy) is 6. The number of carbonyl (C=O) groups is 11. The molecule has 0 aliphatic carbocycles. The second kappa shape index (κ2) is 46.7. The van der Waals surface area contributed by atoms with Crippen LogP contribution in [-0.2, 0) is 82.6 Å². The van der Waals surface area contributed by atoms with Crippen molar-refractivity contribution in [2.24, 2.45) is 11.7 Å². The number of phenols is 3. The quantitative estimate of drug-likeness (QED) is 0.0154. The van der Waals surface area contributed by atoms with Gasteiger partial charge in [-0.1, -0.05) is 107 Å².